The van der Waals surface area contributed by atoms with Crippen molar-refractivity contribution in [3.8, 4) is 0 Å². The second kappa shape index (κ2) is 26.8. The Hall–Kier alpha value is -1.16. The number of piperidine rings is 1. The summed E-state index contributed by atoms with van der Waals surface area (Å²) in [6.07, 6.45) is 52.4. The predicted octanol–water partition coefficient (Wildman–Crippen LogP) is 13.0. The van der Waals surface area contributed by atoms with Crippen molar-refractivity contribution < 1.29 is 14.0 Å². The van der Waals surface area contributed by atoms with E-state index in [0.29, 0.717) is 12.2 Å². The van der Waals surface area contributed by atoms with Crippen molar-refractivity contribution in [2.45, 2.75) is 199 Å². The number of nitrogens with zero attached hydrogens (tertiary/aromatic N) is 1. The van der Waals surface area contributed by atoms with Gasteiger partial charge in [0.1, 0.15) is 0 Å². The Balaban J connectivity index is 1.57. The molecule has 3 heteroatoms. The van der Waals surface area contributed by atoms with Gasteiger partial charge in [0.05, 0.1) is 52.2 Å². The molecule has 2 saturated heterocycles. The minimum Gasteiger partial charge on any atom is -0.343 e. The first-order valence-electron chi connectivity index (χ1n) is 20.3. The van der Waals surface area contributed by atoms with Gasteiger partial charge in [-0.2, -0.15) is 0 Å². The van der Waals surface area contributed by atoms with E-state index in [1.54, 1.807) is 0 Å². The van der Waals surface area contributed by atoms with Crippen molar-refractivity contribution in [1.29, 1.82) is 0 Å². The van der Waals surface area contributed by atoms with Crippen molar-refractivity contribution in [3.05, 3.63) is 48.6 Å². The van der Waals surface area contributed by atoms with E-state index in [-0.39, 0.29) is 5.79 Å². The highest BCUT2D eigenvalue weighted by atomic mass is 16.8. The molecule has 2 aliphatic heterocycles. The lowest BCUT2D eigenvalue weighted by Gasteiger charge is -2.41. The molecule has 0 radical (unpaired) electrons. The first-order valence-corrected chi connectivity index (χ1v) is 20.3. The molecule has 46 heavy (non-hydrogen) atoms. The summed E-state index contributed by atoms with van der Waals surface area (Å²) >= 11 is 0. The van der Waals surface area contributed by atoms with Crippen LogP contribution in [0, 0.1) is 0 Å². The van der Waals surface area contributed by atoms with Gasteiger partial charge in [0.15, 0.2) is 5.79 Å². The Bertz CT molecular complexity index is 759. The molecule has 0 aromatic carbocycles. The van der Waals surface area contributed by atoms with Crippen molar-refractivity contribution in [2.24, 2.45) is 0 Å². The maximum Gasteiger partial charge on any atom is 0.179 e. The summed E-state index contributed by atoms with van der Waals surface area (Å²) < 4.78 is 14.8. The zero-order valence-corrected chi connectivity index (χ0v) is 31.3. The maximum atomic E-state index is 6.83. The first kappa shape index (κ1) is 41.0. The van der Waals surface area contributed by atoms with Crippen LogP contribution >= 0.6 is 0 Å². The highest BCUT2D eigenvalue weighted by molar-refractivity contribution is 4.94. The van der Waals surface area contributed by atoms with E-state index in [2.05, 4.69) is 76.6 Å². The van der Waals surface area contributed by atoms with E-state index >= 15 is 0 Å². The van der Waals surface area contributed by atoms with Crippen LogP contribution in [-0.2, 0) is 9.47 Å². The third-order valence-electron chi connectivity index (χ3n) is 10.2. The molecule has 266 valence electrons. The van der Waals surface area contributed by atoms with E-state index < -0.39 is 0 Å². The minimum absolute atomic E-state index is 0.294. The number of rotatable bonds is 28. The SMILES string of the molecule is CCCCC/C=C\C/C=C\CCCCCCCC1OC2(CC[N+](C)(C)CC2)OC1CCCCCCC/C=C\C/C=C\CCCCC. The van der Waals surface area contributed by atoms with E-state index in [1.807, 2.05) is 0 Å². The molecule has 0 aromatic rings. The quantitative estimate of drug-likeness (QED) is 0.0481. The number of likely N-dealkylation sites (tertiary alicyclic amines) is 1. The van der Waals surface area contributed by atoms with Crippen molar-refractivity contribution in [3.63, 3.8) is 0 Å². The molecule has 0 aromatic heterocycles. The molecule has 2 fully saturated rings. The molecular formula is C43H78NO2+. The van der Waals surface area contributed by atoms with Crippen LogP contribution in [0.2, 0.25) is 0 Å². The van der Waals surface area contributed by atoms with Crippen LogP contribution in [0.5, 0.6) is 0 Å². The fourth-order valence-corrected chi connectivity index (χ4v) is 6.95. The molecule has 3 nitrogen and oxygen atoms in total. The second-order valence-corrected chi connectivity index (χ2v) is 15.1. The maximum absolute atomic E-state index is 6.83. The summed E-state index contributed by atoms with van der Waals surface area (Å²) in [7, 11) is 4.70. The summed E-state index contributed by atoms with van der Waals surface area (Å²) in [6, 6.07) is 0. The van der Waals surface area contributed by atoms with Gasteiger partial charge in [-0.05, 0) is 77.0 Å². The van der Waals surface area contributed by atoms with Crippen molar-refractivity contribution in [2.75, 3.05) is 27.2 Å². The van der Waals surface area contributed by atoms with Crippen LogP contribution < -0.4 is 0 Å². The van der Waals surface area contributed by atoms with Gasteiger partial charge in [0.2, 0.25) is 0 Å². The summed E-state index contributed by atoms with van der Waals surface area (Å²) in [6.45, 7) is 6.86. The van der Waals surface area contributed by atoms with Crippen LogP contribution in [0.1, 0.15) is 181 Å². The van der Waals surface area contributed by atoms with Crippen LogP contribution in [0.4, 0.5) is 0 Å². The number of hydrogen-bond acceptors (Lipinski definition) is 2. The molecule has 0 N–H and O–H groups in total. The summed E-state index contributed by atoms with van der Waals surface area (Å²) in [4.78, 5) is 0. The molecule has 0 amide bonds. The zero-order valence-electron chi connectivity index (χ0n) is 31.3. The highest BCUT2D eigenvalue weighted by Crippen LogP contribution is 2.41. The fraction of sp³-hybridized carbons (Fsp3) is 0.814. The average Bonchev–Trinajstić information content (AvgIpc) is 3.39. The van der Waals surface area contributed by atoms with Gasteiger partial charge in [-0.15, -0.1) is 0 Å². The van der Waals surface area contributed by atoms with Gasteiger partial charge in [0, 0.05) is 0 Å². The topological polar surface area (TPSA) is 18.5 Å². The van der Waals surface area contributed by atoms with E-state index in [9.17, 15) is 0 Å². The summed E-state index contributed by atoms with van der Waals surface area (Å²) in [5.41, 5.74) is 0. The normalized spacial score (nSPS) is 21.3. The van der Waals surface area contributed by atoms with Crippen molar-refractivity contribution >= 4 is 0 Å². The predicted molar refractivity (Wildman–Crippen MR) is 202 cm³/mol. The molecular weight excluding hydrogens is 562 g/mol. The Labute approximate surface area is 287 Å². The Morgan fingerprint density at radius 2 is 0.826 bits per heavy atom. The Morgan fingerprint density at radius 3 is 1.22 bits per heavy atom. The molecule has 2 rings (SSSR count). The first-order chi connectivity index (χ1) is 22.5. The van der Waals surface area contributed by atoms with Crippen LogP contribution in [-0.4, -0.2) is 49.7 Å². The fourth-order valence-electron chi connectivity index (χ4n) is 6.95. The van der Waals surface area contributed by atoms with Gasteiger partial charge in [0.25, 0.3) is 0 Å². The molecule has 0 aliphatic carbocycles. The van der Waals surface area contributed by atoms with Gasteiger partial charge >= 0.3 is 0 Å². The lowest BCUT2D eigenvalue weighted by molar-refractivity contribution is -0.898. The molecule has 0 saturated carbocycles. The standard InChI is InChI=1S/C43H78NO2/c1-5-7-9-11-13-15-17-19-21-23-25-27-29-31-33-35-41-42(46-43(45-41)37-39-44(3,4)40-38-43)36-34-32-30-28-26-24-22-20-18-16-14-12-10-8-6-2/h13-16,19-22,41-42H,5-12,17-18,23-40H2,1-4H3/q+1/b15-13-,16-14-,21-19-,22-20-. The van der Waals surface area contributed by atoms with Gasteiger partial charge < -0.3 is 14.0 Å². The Morgan fingerprint density at radius 1 is 0.478 bits per heavy atom. The third-order valence-corrected chi connectivity index (χ3v) is 10.2. The minimum atomic E-state index is -0.294. The van der Waals surface area contributed by atoms with Crippen molar-refractivity contribution in [1.82, 2.24) is 0 Å². The monoisotopic (exact) mass is 641 g/mol. The summed E-state index contributed by atoms with van der Waals surface area (Å²) in [5, 5.41) is 0. The smallest absolute Gasteiger partial charge is 0.179 e. The molecule has 0 bridgehead atoms. The summed E-state index contributed by atoms with van der Waals surface area (Å²) in [5.74, 6) is -0.294. The number of unbranched alkanes of at least 4 members (excludes halogenated alkanes) is 16. The van der Waals surface area contributed by atoms with Crippen LogP contribution in [0.25, 0.3) is 0 Å². The van der Waals surface area contributed by atoms with E-state index in [0.717, 1.165) is 43.3 Å². The number of ether oxygens (including phenoxy) is 2. The van der Waals surface area contributed by atoms with Crippen LogP contribution in [0.3, 0.4) is 0 Å². The molecule has 1 spiro atoms. The lowest BCUT2D eigenvalue weighted by Crippen LogP contribution is -2.53. The number of quaternary nitrogens is 1. The second-order valence-electron chi connectivity index (χ2n) is 15.1. The van der Waals surface area contributed by atoms with E-state index in [1.165, 1.54) is 141 Å². The van der Waals surface area contributed by atoms with Gasteiger partial charge in [-0.3, -0.25) is 0 Å². The zero-order chi connectivity index (χ0) is 33.0. The molecule has 2 atom stereocenters. The van der Waals surface area contributed by atoms with Gasteiger partial charge in [-0.25, -0.2) is 0 Å². The van der Waals surface area contributed by atoms with Gasteiger partial charge in [-0.1, -0.05) is 140 Å². The highest BCUT2D eigenvalue weighted by Gasteiger charge is 2.50. The Kier molecular flexibility index (Phi) is 23.9. The molecule has 2 aliphatic rings. The number of allylic oxidation sites excluding steroid dienone is 8. The average molecular weight is 641 g/mol. The largest absolute Gasteiger partial charge is 0.343 e. The van der Waals surface area contributed by atoms with E-state index in [4.69, 9.17) is 9.47 Å². The van der Waals surface area contributed by atoms with Crippen LogP contribution in [0.15, 0.2) is 48.6 Å². The molecule has 2 unspecified atom stereocenters. The lowest BCUT2D eigenvalue weighted by atomic mass is 9.99. The molecule has 2 heterocycles. The number of hydrogen-bond donors (Lipinski definition) is 0. The third kappa shape index (κ3) is 20.3.